The summed E-state index contributed by atoms with van der Waals surface area (Å²) >= 11 is 0. The van der Waals surface area contributed by atoms with E-state index in [2.05, 4.69) is 36.0 Å². The molecule has 1 atom stereocenters. The molecular weight excluding hydrogens is 394 g/mol. The SMILES string of the molecule is CC[C@@H](C)c1ccc2oc(-c3ccc(N=Cc4cccc([N+](=O)[O-])c4O)cc3)nc2c1. The lowest BCUT2D eigenvalue weighted by atomic mass is 9.98. The Morgan fingerprint density at radius 1 is 1.19 bits per heavy atom. The van der Waals surface area contributed by atoms with E-state index < -0.39 is 10.7 Å². The highest BCUT2D eigenvalue weighted by atomic mass is 16.6. The van der Waals surface area contributed by atoms with Gasteiger partial charge in [0.1, 0.15) is 5.52 Å². The van der Waals surface area contributed by atoms with E-state index in [0.717, 1.165) is 23.1 Å². The first-order valence-electron chi connectivity index (χ1n) is 9.97. The van der Waals surface area contributed by atoms with Crippen molar-refractivity contribution >= 4 is 28.7 Å². The molecule has 0 fully saturated rings. The van der Waals surface area contributed by atoms with Gasteiger partial charge in [0.2, 0.25) is 11.6 Å². The largest absolute Gasteiger partial charge is 0.502 e. The maximum absolute atomic E-state index is 10.9. The van der Waals surface area contributed by atoms with Gasteiger partial charge in [0, 0.05) is 23.4 Å². The van der Waals surface area contributed by atoms with Gasteiger partial charge in [0.15, 0.2) is 5.58 Å². The molecule has 3 aromatic carbocycles. The zero-order valence-electron chi connectivity index (χ0n) is 17.1. The first-order chi connectivity index (χ1) is 15.0. The molecule has 0 bridgehead atoms. The molecule has 4 aromatic rings. The molecule has 1 heterocycles. The van der Waals surface area contributed by atoms with Crippen LogP contribution in [-0.2, 0) is 0 Å². The number of phenolic OH excluding ortho intramolecular Hbond substituents is 1. The first-order valence-corrected chi connectivity index (χ1v) is 9.97. The van der Waals surface area contributed by atoms with Crippen molar-refractivity contribution in [1.29, 1.82) is 0 Å². The zero-order chi connectivity index (χ0) is 22.0. The standard InChI is InChI=1S/C24H21N3O4/c1-3-15(2)17-9-12-22-20(13-17)26-24(31-22)16-7-10-19(11-8-16)25-14-18-5-4-6-21(23(18)28)27(29)30/h4-15,28H,3H2,1-2H3/t15-/m1/s1. The van der Waals surface area contributed by atoms with Crippen LogP contribution < -0.4 is 0 Å². The van der Waals surface area contributed by atoms with Crippen molar-refractivity contribution < 1.29 is 14.4 Å². The third-order valence-corrected chi connectivity index (χ3v) is 5.30. The van der Waals surface area contributed by atoms with Gasteiger partial charge in [-0.15, -0.1) is 0 Å². The Balaban J connectivity index is 1.57. The number of nitro benzene ring substituents is 1. The number of aliphatic imine (C=N–C) groups is 1. The van der Waals surface area contributed by atoms with Crippen molar-refractivity contribution in [2.24, 2.45) is 4.99 Å². The van der Waals surface area contributed by atoms with E-state index in [1.54, 1.807) is 18.2 Å². The smallest absolute Gasteiger partial charge is 0.311 e. The van der Waals surface area contributed by atoms with Crippen LogP contribution in [0, 0.1) is 10.1 Å². The minimum Gasteiger partial charge on any atom is -0.502 e. The maximum Gasteiger partial charge on any atom is 0.311 e. The first kappa shape index (κ1) is 20.3. The second-order valence-corrected chi connectivity index (χ2v) is 7.33. The topological polar surface area (TPSA) is 102 Å². The Morgan fingerprint density at radius 2 is 1.97 bits per heavy atom. The molecule has 1 aromatic heterocycles. The summed E-state index contributed by atoms with van der Waals surface area (Å²) in [5, 5.41) is 21.0. The Morgan fingerprint density at radius 3 is 2.68 bits per heavy atom. The van der Waals surface area contributed by atoms with E-state index in [0.29, 0.717) is 17.5 Å². The molecule has 0 radical (unpaired) electrons. The summed E-state index contributed by atoms with van der Waals surface area (Å²) in [5.41, 5.74) is 4.18. The number of nitro groups is 1. The van der Waals surface area contributed by atoms with E-state index in [9.17, 15) is 15.2 Å². The molecule has 7 heteroatoms. The second kappa shape index (κ2) is 8.39. The Kier molecular flexibility index (Phi) is 5.49. The molecule has 0 saturated heterocycles. The van der Waals surface area contributed by atoms with Crippen LogP contribution in [0.25, 0.3) is 22.6 Å². The number of hydrogen-bond acceptors (Lipinski definition) is 6. The van der Waals surface area contributed by atoms with Gasteiger partial charge in [0.25, 0.3) is 0 Å². The fraction of sp³-hybridized carbons (Fsp3) is 0.167. The van der Waals surface area contributed by atoms with Crippen molar-refractivity contribution in [1.82, 2.24) is 4.98 Å². The fourth-order valence-electron chi connectivity index (χ4n) is 3.24. The van der Waals surface area contributed by atoms with Crippen molar-refractivity contribution in [2.75, 3.05) is 0 Å². The minimum atomic E-state index is -0.631. The van der Waals surface area contributed by atoms with Crippen LogP contribution in [0.1, 0.15) is 37.3 Å². The van der Waals surface area contributed by atoms with Gasteiger partial charge in [-0.2, -0.15) is 0 Å². The lowest BCUT2D eigenvalue weighted by Gasteiger charge is -2.07. The highest BCUT2D eigenvalue weighted by Gasteiger charge is 2.15. The van der Waals surface area contributed by atoms with E-state index in [-0.39, 0.29) is 11.3 Å². The highest BCUT2D eigenvalue weighted by Crippen LogP contribution is 2.30. The van der Waals surface area contributed by atoms with Gasteiger partial charge in [-0.05, 0) is 60.4 Å². The Bertz CT molecular complexity index is 1280. The molecule has 31 heavy (non-hydrogen) atoms. The lowest BCUT2D eigenvalue weighted by Crippen LogP contribution is -1.91. The van der Waals surface area contributed by atoms with Crippen LogP contribution in [0.3, 0.4) is 0 Å². The van der Waals surface area contributed by atoms with Gasteiger partial charge in [-0.1, -0.05) is 26.0 Å². The van der Waals surface area contributed by atoms with Gasteiger partial charge < -0.3 is 9.52 Å². The van der Waals surface area contributed by atoms with Crippen LogP contribution in [-0.4, -0.2) is 21.2 Å². The zero-order valence-corrected chi connectivity index (χ0v) is 17.1. The van der Waals surface area contributed by atoms with Crippen LogP contribution in [0.2, 0.25) is 0 Å². The molecule has 0 unspecified atom stereocenters. The van der Waals surface area contributed by atoms with E-state index >= 15 is 0 Å². The van der Waals surface area contributed by atoms with Crippen LogP contribution in [0.5, 0.6) is 5.75 Å². The molecule has 0 aliphatic carbocycles. The number of aromatic hydroxyl groups is 1. The summed E-state index contributed by atoms with van der Waals surface area (Å²) < 4.78 is 5.90. The number of hydrogen-bond donors (Lipinski definition) is 1. The summed E-state index contributed by atoms with van der Waals surface area (Å²) in [7, 11) is 0. The number of phenols is 1. The molecule has 156 valence electrons. The minimum absolute atomic E-state index is 0.273. The molecule has 1 N–H and O–H groups in total. The average Bonchev–Trinajstić information content (AvgIpc) is 3.21. The number of rotatable bonds is 6. The molecule has 7 nitrogen and oxygen atoms in total. The van der Waals surface area contributed by atoms with Gasteiger partial charge in [-0.25, -0.2) is 4.98 Å². The molecular formula is C24H21N3O4. The second-order valence-electron chi connectivity index (χ2n) is 7.33. The summed E-state index contributed by atoms with van der Waals surface area (Å²) in [6, 6.07) is 17.7. The molecule has 4 rings (SSSR count). The van der Waals surface area contributed by atoms with E-state index in [1.165, 1.54) is 23.9 Å². The number of para-hydroxylation sites is 1. The molecule has 0 saturated carbocycles. The molecule has 0 spiro atoms. The van der Waals surface area contributed by atoms with Crippen LogP contribution in [0.15, 0.2) is 70.1 Å². The summed E-state index contributed by atoms with van der Waals surface area (Å²) in [6.45, 7) is 4.35. The molecule has 0 aliphatic rings. The van der Waals surface area contributed by atoms with E-state index in [1.807, 2.05) is 18.2 Å². The molecule has 0 amide bonds. The lowest BCUT2D eigenvalue weighted by molar-refractivity contribution is -0.385. The summed E-state index contributed by atoms with van der Waals surface area (Å²) in [4.78, 5) is 19.2. The average molecular weight is 415 g/mol. The molecule has 0 aliphatic heterocycles. The predicted octanol–water partition coefficient (Wildman–Crippen LogP) is 6.37. The van der Waals surface area contributed by atoms with Crippen molar-refractivity contribution in [2.45, 2.75) is 26.2 Å². The van der Waals surface area contributed by atoms with Crippen molar-refractivity contribution in [3.63, 3.8) is 0 Å². The van der Waals surface area contributed by atoms with E-state index in [4.69, 9.17) is 4.42 Å². The number of benzene rings is 3. The number of fused-ring (bicyclic) bond motifs is 1. The normalized spacial score (nSPS) is 12.5. The summed E-state index contributed by atoms with van der Waals surface area (Å²) in [5.74, 6) is 0.589. The Labute approximate surface area is 178 Å². The van der Waals surface area contributed by atoms with Gasteiger partial charge >= 0.3 is 5.69 Å². The van der Waals surface area contributed by atoms with Gasteiger partial charge in [0.05, 0.1) is 10.6 Å². The summed E-state index contributed by atoms with van der Waals surface area (Å²) in [6.07, 6.45) is 2.46. The third-order valence-electron chi connectivity index (χ3n) is 5.30. The third kappa shape index (κ3) is 4.16. The monoisotopic (exact) mass is 415 g/mol. The van der Waals surface area contributed by atoms with Crippen LogP contribution in [0.4, 0.5) is 11.4 Å². The predicted molar refractivity (Wildman–Crippen MR) is 120 cm³/mol. The maximum atomic E-state index is 10.9. The van der Waals surface area contributed by atoms with Crippen LogP contribution >= 0.6 is 0 Å². The fourth-order valence-corrected chi connectivity index (χ4v) is 3.24. The highest BCUT2D eigenvalue weighted by molar-refractivity contribution is 5.87. The number of aromatic nitrogens is 1. The quantitative estimate of drug-likeness (QED) is 0.224. The number of nitrogens with zero attached hydrogens (tertiary/aromatic N) is 3. The van der Waals surface area contributed by atoms with Crippen molar-refractivity contribution in [3.8, 4) is 17.2 Å². The Hall–Kier alpha value is -4.00. The number of oxazole rings is 1. The van der Waals surface area contributed by atoms with Gasteiger partial charge in [-0.3, -0.25) is 15.1 Å². The van der Waals surface area contributed by atoms with Crippen molar-refractivity contribution in [3.05, 3.63) is 81.9 Å².